The van der Waals surface area contributed by atoms with Crippen LogP contribution in [-0.4, -0.2) is 29.3 Å². The zero-order chi connectivity index (χ0) is 15.3. The van der Waals surface area contributed by atoms with Crippen molar-refractivity contribution in [1.82, 2.24) is 29.3 Å². The van der Waals surface area contributed by atoms with Crippen LogP contribution in [0.2, 0.25) is 0 Å². The first-order valence-corrected chi connectivity index (χ1v) is 7.56. The molecule has 114 valence electrons. The maximum atomic E-state index is 4.56. The van der Waals surface area contributed by atoms with Crippen LogP contribution in [0.1, 0.15) is 35.8 Å². The third-order valence-corrected chi connectivity index (χ3v) is 4.43. The summed E-state index contributed by atoms with van der Waals surface area (Å²) in [4.78, 5) is 13.2. The van der Waals surface area contributed by atoms with E-state index in [-0.39, 0.29) is 6.04 Å². The molecule has 0 saturated carbocycles. The van der Waals surface area contributed by atoms with Crippen molar-refractivity contribution in [2.75, 3.05) is 5.32 Å². The van der Waals surface area contributed by atoms with Gasteiger partial charge in [-0.25, -0.2) is 9.97 Å². The quantitative estimate of drug-likeness (QED) is 0.782. The van der Waals surface area contributed by atoms with Gasteiger partial charge in [0.05, 0.1) is 24.3 Å². The molecule has 3 heterocycles. The van der Waals surface area contributed by atoms with Gasteiger partial charge >= 0.3 is 0 Å². The van der Waals surface area contributed by atoms with Crippen LogP contribution < -0.4 is 5.32 Å². The van der Waals surface area contributed by atoms with Gasteiger partial charge in [0.25, 0.3) is 0 Å². The summed E-state index contributed by atoms with van der Waals surface area (Å²) in [6, 6.07) is 0.221. The van der Waals surface area contributed by atoms with Gasteiger partial charge in [-0.2, -0.15) is 10.1 Å². The largest absolute Gasteiger partial charge is 0.347 e. The molecule has 0 saturated heterocycles. The molecule has 4 rings (SSSR count). The van der Waals surface area contributed by atoms with Gasteiger partial charge in [-0.05, 0) is 26.2 Å². The van der Waals surface area contributed by atoms with E-state index in [1.165, 1.54) is 11.3 Å². The van der Waals surface area contributed by atoms with Crippen molar-refractivity contribution in [3.8, 4) is 0 Å². The summed E-state index contributed by atoms with van der Waals surface area (Å²) in [6.45, 7) is 2.07. The highest BCUT2D eigenvalue weighted by Gasteiger charge is 2.26. The third kappa shape index (κ3) is 1.96. The average Bonchev–Trinajstić information content (AvgIpc) is 3.01. The van der Waals surface area contributed by atoms with E-state index in [4.69, 9.17) is 0 Å². The van der Waals surface area contributed by atoms with Gasteiger partial charge in [0.1, 0.15) is 5.52 Å². The van der Waals surface area contributed by atoms with Crippen molar-refractivity contribution in [2.45, 2.75) is 32.2 Å². The Morgan fingerprint density at radius 2 is 2.14 bits per heavy atom. The van der Waals surface area contributed by atoms with Crippen molar-refractivity contribution < 1.29 is 0 Å². The fraction of sp³-hybridized carbons (Fsp3) is 0.467. The minimum Gasteiger partial charge on any atom is -0.347 e. The van der Waals surface area contributed by atoms with Crippen LogP contribution in [0.25, 0.3) is 11.2 Å². The van der Waals surface area contributed by atoms with E-state index in [2.05, 4.69) is 32.3 Å². The Balaban J connectivity index is 1.68. The Morgan fingerprint density at radius 3 is 3.00 bits per heavy atom. The van der Waals surface area contributed by atoms with Gasteiger partial charge in [0.2, 0.25) is 5.95 Å². The zero-order valence-corrected chi connectivity index (χ0v) is 13.0. The Bertz CT molecular complexity index is 845. The number of rotatable bonds is 2. The maximum Gasteiger partial charge on any atom is 0.225 e. The Labute approximate surface area is 128 Å². The van der Waals surface area contributed by atoms with E-state index >= 15 is 0 Å². The normalized spacial score (nSPS) is 17.7. The summed E-state index contributed by atoms with van der Waals surface area (Å²) < 4.78 is 3.92. The maximum absolute atomic E-state index is 4.56. The van der Waals surface area contributed by atoms with Crippen LogP contribution in [-0.2, 0) is 20.5 Å². The highest BCUT2D eigenvalue weighted by Crippen LogP contribution is 2.33. The van der Waals surface area contributed by atoms with Crippen LogP contribution in [0, 0.1) is 6.92 Å². The summed E-state index contributed by atoms with van der Waals surface area (Å²) in [5, 5.41) is 8.03. The Kier molecular flexibility index (Phi) is 2.88. The van der Waals surface area contributed by atoms with Crippen LogP contribution in [0.5, 0.6) is 0 Å². The van der Waals surface area contributed by atoms with E-state index in [9.17, 15) is 0 Å². The summed E-state index contributed by atoms with van der Waals surface area (Å²) in [5.74, 6) is 0.632. The smallest absolute Gasteiger partial charge is 0.225 e. The SMILES string of the molecule is Cc1nn(C)c2c1C(Nc1ncc3c(ncn3C)n1)CCC2. The van der Waals surface area contributed by atoms with Gasteiger partial charge in [-0.1, -0.05) is 0 Å². The van der Waals surface area contributed by atoms with E-state index in [1.54, 1.807) is 6.33 Å². The van der Waals surface area contributed by atoms with Crippen LogP contribution in [0.3, 0.4) is 0 Å². The van der Waals surface area contributed by atoms with Gasteiger partial charge < -0.3 is 9.88 Å². The molecule has 0 bridgehead atoms. The van der Waals surface area contributed by atoms with Crippen molar-refractivity contribution in [3.63, 3.8) is 0 Å². The molecule has 0 amide bonds. The molecule has 1 unspecified atom stereocenters. The van der Waals surface area contributed by atoms with Crippen molar-refractivity contribution >= 4 is 17.1 Å². The molecule has 0 spiro atoms. The number of aryl methyl sites for hydroxylation is 3. The lowest BCUT2D eigenvalue weighted by atomic mass is 9.91. The Morgan fingerprint density at radius 1 is 1.27 bits per heavy atom. The number of nitrogens with zero attached hydrogens (tertiary/aromatic N) is 6. The lowest BCUT2D eigenvalue weighted by Gasteiger charge is -2.24. The van der Waals surface area contributed by atoms with E-state index in [0.29, 0.717) is 5.95 Å². The number of anilines is 1. The predicted octanol–water partition coefficient (Wildman–Crippen LogP) is 1.89. The van der Waals surface area contributed by atoms with E-state index < -0.39 is 0 Å². The topological polar surface area (TPSA) is 73.5 Å². The molecule has 1 aliphatic carbocycles. The molecule has 0 aliphatic heterocycles. The minimum absolute atomic E-state index is 0.221. The molecule has 22 heavy (non-hydrogen) atoms. The second kappa shape index (κ2) is 4.79. The van der Waals surface area contributed by atoms with Crippen LogP contribution >= 0.6 is 0 Å². The van der Waals surface area contributed by atoms with Crippen molar-refractivity contribution in [1.29, 1.82) is 0 Å². The highest BCUT2D eigenvalue weighted by molar-refractivity contribution is 5.70. The van der Waals surface area contributed by atoms with Crippen LogP contribution in [0.15, 0.2) is 12.5 Å². The second-order valence-electron chi connectivity index (χ2n) is 5.92. The van der Waals surface area contributed by atoms with Gasteiger partial charge in [0, 0.05) is 25.4 Å². The van der Waals surface area contributed by atoms with Gasteiger partial charge in [-0.15, -0.1) is 0 Å². The summed E-state index contributed by atoms with van der Waals surface area (Å²) in [5.41, 5.74) is 5.37. The number of fused-ring (bicyclic) bond motifs is 2. The summed E-state index contributed by atoms with van der Waals surface area (Å²) >= 11 is 0. The first-order chi connectivity index (χ1) is 10.6. The fourth-order valence-electron chi connectivity index (χ4n) is 3.37. The molecular weight excluding hydrogens is 278 g/mol. The van der Waals surface area contributed by atoms with Gasteiger partial charge in [0.15, 0.2) is 5.65 Å². The zero-order valence-electron chi connectivity index (χ0n) is 13.0. The van der Waals surface area contributed by atoms with Crippen molar-refractivity contribution in [3.05, 3.63) is 29.5 Å². The summed E-state index contributed by atoms with van der Waals surface area (Å²) in [6.07, 6.45) is 6.88. The van der Waals surface area contributed by atoms with E-state index in [0.717, 1.165) is 36.1 Å². The Hall–Kier alpha value is -2.44. The number of hydrogen-bond donors (Lipinski definition) is 1. The molecule has 0 fully saturated rings. The first-order valence-electron chi connectivity index (χ1n) is 7.56. The average molecular weight is 297 g/mol. The molecule has 0 aromatic carbocycles. The second-order valence-corrected chi connectivity index (χ2v) is 5.92. The van der Waals surface area contributed by atoms with E-state index in [1.807, 2.05) is 29.5 Å². The van der Waals surface area contributed by atoms with Crippen LogP contribution in [0.4, 0.5) is 5.95 Å². The first kappa shape index (κ1) is 13.2. The number of imidazole rings is 1. The fourth-order valence-corrected chi connectivity index (χ4v) is 3.37. The monoisotopic (exact) mass is 297 g/mol. The van der Waals surface area contributed by atoms with Crippen molar-refractivity contribution in [2.24, 2.45) is 14.1 Å². The molecule has 3 aromatic heterocycles. The minimum atomic E-state index is 0.221. The lowest BCUT2D eigenvalue weighted by Crippen LogP contribution is -2.19. The molecule has 1 atom stereocenters. The molecule has 1 aliphatic rings. The third-order valence-electron chi connectivity index (χ3n) is 4.43. The molecule has 7 nitrogen and oxygen atoms in total. The number of aromatic nitrogens is 6. The molecule has 3 aromatic rings. The van der Waals surface area contributed by atoms with Gasteiger partial charge in [-0.3, -0.25) is 4.68 Å². The molecule has 0 radical (unpaired) electrons. The number of hydrogen-bond acceptors (Lipinski definition) is 5. The number of nitrogens with one attached hydrogen (secondary N) is 1. The molecule has 7 heteroatoms. The molecule has 1 N–H and O–H groups in total. The molecular formula is C15H19N7. The predicted molar refractivity (Wildman–Crippen MR) is 83.6 cm³/mol. The standard InChI is InChI=1S/C15H19N7/c1-9-13-10(5-4-6-11(13)22(3)20-9)18-15-16-7-12-14(19-15)17-8-21(12)2/h7-8,10H,4-6H2,1-3H3,(H,16,18,19). The summed E-state index contributed by atoms with van der Waals surface area (Å²) in [7, 11) is 3.96. The lowest BCUT2D eigenvalue weighted by molar-refractivity contribution is 0.568. The highest BCUT2D eigenvalue weighted by atomic mass is 15.3.